The molecule has 6 heteroatoms. The highest BCUT2D eigenvalue weighted by Crippen LogP contribution is 2.25. The monoisotopic (exact) mass is 363 g/mol. The molecule has 0 saturated carbocycles. The van der Waals surface area contributed by atoms with Crippen molar-refractivity contribution in [3.8, 4) is 0 Å². The highest BCUT2D eigenvalue weighted by molar-refractivity contribution is 5.94. The topological polar surface area (TPSA) is 64.3 Å². The number of pyridine rings is 1. The first-order valence-electron chi connectivity index (χ1n) is 9.53. The molecule has 3 heterocycles. The van der Waals surface area contributed by atoms with Crippen LogP contribution in [0.15, 0.2) is 55.0 Å². The molecule has 6 nitrogen and oxygen atoms in total. The first-order chi connectivity index (χ1) is 13.3. The number of amides is 1. The molecule has 2 aromatic heterocycles. The van der Waals surface area contributed by atoms with Crippen LogP contribution in [0.4, 0.5) is 5.69 Å². The van der Waals surface area contributed by atoms with Crippen LogP contribution < -0.4 is 10.2 Å². The third kappa shape index (κ3) is 4.11. The maximum Gasteiger partial charge on any atom is 0.252 e. The number of nitrogens with zero attached hydrogens (tertiary/aromatic N) is 3. The van der Waals surface area contributed by atoms with E-state index in [-0.39, 0.29) is 5.91 Å². The Morgan fingerprint density at radius 3 is 2.78 bits per heavy atom. The zero-order valence-electron chi connectivity index (χ0n) is 15.4. The van der Waals surface area contributed by atoms with Gasteiger partial charge in [-0.3, -0.25) is 14.7 Å². The minimum atomic E-state index is -0.00970. The molecule has 2 N–H and O–H groups in total. The average Bonchev–Trinajstić information content (AvgIpc) is 3.26. The molecule has 140 valence electrons. The number of para-hydroxylation sites is 1. The Morgan fingerprint density at radius 2 is 1.96 bits per heavy atom. The van der Waals surface area contributed by atoms with Crippen LogP contribution in [0.1, 0.15) is 16.8 Å². The minimum absolute atomic E-state index is 0.00970. The van der Waals surface area contributed by atoms with Gasteiger partial charge in [0.1, 0.15) is 0 Å². The molecule has 4 rings (SSSR count). The van der Waals surface area contributed by atoms with E-state index in [1.165, 1.54) is 11.1 Å². The van der Waals surface area contributed by atoms with Crippen molar-refractivity contribution in [2.75, 3.05) is 44.2 Å². The number of aromatic nitrogens is 2. The van der Waals surface area contributed by atoms with Crippen LogP contribution in [0.2, 0.25) is 0 Å². The molecule has 0 unspecified atom stereocenters. The van der Waals surface area contributed by atoms with Crippen LogP contribution in [0.25, 0.3) is 10.9 Å². The molecule has 0 bridgehead atoms. The van der Waals surface area contributed by atoms with Crippen molar-refractivity contribution in [2.45, 2.75) is 6.42 Å². The summed E-state index contributed by atoms with van der Waals surface area (Å²) in [4.78, 5) is 24.3. The highest BCUT2D eigenvalue weighted by Gasteiger charge is 2.18. The molecule has 0 spiro atoms. The Labute approximate surface area is 159 Å². The molecule has 1 aromatic carbocycles. The van der Waals surface area contributed by atoms with Crippen molar-refractivity contribution in [3.05, 3.63) is 60.6 Å². The normalized spacial score (nSPS) is 15.2. The van der Waals surface area contributed by atoms with Gasteiger partial charge in [0.05, 0.1) is 16.8 Å². The summed E-state index contributed by atoms with van der Waals surface area (Å²) in [6.45, 7) is 5.80. The van der Waals surface area contributed by atoms with Gasteiger partial charge in [0.25, 0.3) is 5.91 Å². The number of hydrogen-bond donors (Lipinski definition) is 2. The van der Waals surface area contributed by atoms with Crippen molar-refractivity contribution in [3.63, 3.8) is 0 Å². The lowest BCUT2D eigenvalue weighted by atomic mass is 10.1. The molecule has 3 aromatic rings. The Bertz CT molecular complexity index is 879. The maximum atomic E-state index is 11.9. The predicted molar refractivity (Wildman–Crippen MR) is 108 cm³/mol. The average molecular weight is 363 g/mol. The van der Waals surface area contributed by atoms with E-state index in [0.29, 0.717) is 12.1 Å². The number of aromatic amines is 1. The molecule has 1 aliphatic rings. The fourth-order valence-electron chi connectivity index (χ4n) is 3.63. The highest BCUT2D eigenvalue weighted by atomic mass is 16.1. The van der Waals surface area contributed by atoms with Crippen LogP contribution in [0.5, 0.6) is 0 Å². The second kappa shape index (κ2) is 8.22. The summed E-state index contributed by atoms with van der Waals surface area (Å²) in [5.74, 6) is -0.00970. The van der Waals surface area contributed by atoms with Crippen molar-refractivity contribution >= 4 is 22.5 Å². The summed E-state index contributed by atoms with van der Waals surface area (Å²) in [6, 6.07) is 12.3. The Morgan fingerprint density at radius 1 is 1.11 bits per heavy atom. The minimum Gasteiger partial charge on any atom is -0.367 e. The Balaban J connectivity index is 1.24. The second-order valence-electron chi connectivity index (χ2n) is 6.89. The number of carbonyl (C=O) groups is 1. The van der Waals surface area contributed by atoms with Crippen molar-refractivity contribution in [1.82, 2.24) is 20.2 Å². The quantitative estimate of drug-likeness (QED) is 0.661. The van der Waals surface area contributed by atoms with E-state index in [0.717, 1.165) is 44.7 Å². The van der Waals surface area contributed by atoms with Gasteiger partial charge in [-0.1, -0.05) is 18.2 Å². The van der Waals surface area contributed by atoms with Gasteiger partial charge in [-0.05, 0) is 31.2 Å². The number of rotatable bonds is 6. The van der Waals surface area contributed by atoms with E-state index in [2.05, 4.69) is 49.4 Å². The molecule has 1 saturated heterocycles. The number of piperazine rings is 1. The number of benzene rings is 1. The fraction of sp³-hybridized carbons (Fsp3) is 0.333. The summed E-state index contributed by atoms with van der Waals surface area (Å²) in [5.41, 5.74) is 3.00. The second-order valence-corrected chi connectivity index (χ2v) is 6.89. The van der Waals surface area contributed by atoms with Crippen molar-refractivity contribution in [1.29, 1.82) is 0 Å². The molecule has 0 radical (unpaired) electrons. The van der Waals surface area contributed by atoms with E-state index in [1.54, 1.807) is 18.5 Å². The molecular formula is C21H25N5O. The zero-order chi connectivity index (χ0) is 18.5. The lowest BCUT2D eigenvalue weighted by Gasteiger charge is -2.36. The fourth-order valence-corrected chi connectivity index (χ4v) is 3.63. The Hall–Kier alpha value is -2.86. The van der Waals surface area contributed by atoms with Crippen molar-refractivity contribution in [2.24, 2.45) is 0 Å². The van der Waals surface area contributed by atoms with Crippen molar-refractivity contribution < 1.29 is 4.79 Å². The number of fused-ring (bicyclic) bond motifs is 1. The van der Waals surface area contributed by atoms with Gasteiger partial charge in [-0.15, -0.1) is 0 Å². The van der Waals surface area contributed by atoms with E-state index in [4.69, 9.17) is 0 Å². The first kappa shape index (κ1) is 17.5. The lowest BCUT2D eigenvalue weighted by Crippen LogP contribution is -2.47. The molecule has 27 heavy (non-hydrogen) atoms. The molecule has 1 aliphatic heterocycles. The number of H-pyrrole nitrogens is 1. The van der Waals surface area contributed by atoms with Gasteiger partial charge in [0.2, 0.25) is 0 Å². The van der Waals surface area contributed by atoms with E-state index < -0.39 is 0 Å². The number of carbonyl (C=O) groups excluding carboxylic acids is 1. The van der Waals surface area contributed by atoms with Gasteiger partial charge in [0, 0.05) is 56.7 Å². The SMILES string of the molecule is O=C(NCCCN1CCN(c2cccc3cccnc23)CC1)c1cc[nH]c1. The van der Waals surface area contributed by atoms with Gasteiger partial charge in [0.15, 0.2) is 0 Å². The van der Waals surface area contributed by atoms with Gasteiger partial charge < -0.3 is 15.2 Å². The van der Waals surface area contributed by atoms with Crippen LogP contribution >= 0.6 is 0 Å². The van der Waals surface area contributed by atoms with E-state index in [9.17, 15) is 4.79 Å². The van der Waals surface area contributed by atoms with E-state index >= 15 is 0 Å². The summed E-state index contributed by atoms with van der Waals surface area (Å²) >= 11 is 0. The smallest absolute Gasteiger partial charge is 0.252 e. The van der Waals surface area contributed by atoms with Gasteiger partial charge in [-0.25, -0.2) is 0 Å². The molecule has 0 atom stereocenters. The summed E-state index contributed by atoms with van der Waals surface area (Å²) < 4.78 is 0. The molecule has 1 amide bonds. The zero-order valence-corrected chi connectivity index (χ0v) is 15.4. The lowest BCUT2D eigenvalue weighted by molar-refractivity contribution is 0.0951. The standard InChI is InChI=1S/C21H25N5O/c27-21(18-7-10-22-16-18)24-9-3-11-25-12-14-26(15-13-25)19-6-1-4-17-5-2-8-23-20(17)19/h1-2,4-8,10,16,22H,3,9,11-15H2,(H,24,27). The number of anilines is 1. The van der Waals surface area contributed by atoms with Gasteiger partial charge >= 0.3 is 0 Å². The molecular weight excluding hydrogens is 338 g/mol. The molecule has 0 aliphatic carbocycles. The number of nitrogens with one attached hydrogen (secondary N) is 2. The van der Waals surface area contributed by atoms with E-state index in [1.807, 2.05) is 12.3 Å². The number of hydrogen-bond acceptors (Lipinski definition) is 4. The van der Waals surface area contributed by atoms with Crippen LogP contribution in [-0.2, 0) is 0 Å². The third-order valence-corrected chi connectivity index (χ3v) is 5.12. The maximum absolute atomic E-state index is 11.9. The summed E-state index contributed by atoms with van der Waals surface area (Å²) in [6.07, 6.45) is 6.31. The summed E-state index contributed by atoms with van der Waals surface area (Å²) in [7, 11) is 0. The molecule has 1 fully saturated rings. The predicted octanol–water partition coefficient (Wildman–Crippen LogP) is 2.50. The van der Waals surface area contributed by atoms with Crippen LogP contribution in [0, 0.1) is 0 Å². The third-order valence-electron chi connectivity index (χ3n) is 5.12. The van der Waals surface area contributed by atoms with Crippen LogP contribution in [-0.4, -0.2) is 60.0 Å². The largest absolute Gasteiger partial charge is 0.367 e. The first-order valence-corrected chi connectivity index (χ1v) is 9.53. The Kier molecular flexibility index (Phi) is 5.34. The van der Waals surface area contributed by atoms with Crippen LogP contribution in [0.3, 0.4) is 0 Å². The summed E-state index contributed by atoms with van der Waals surface area (Å²) in [5, 5.41) is 4.17. The van der Waals surface area contributed by atoms with Gasteiger partial charge in [-0.2, -0.15) is 0 Å².